The highest BCUT2D eigenvalue weighted by molar-refractivity contribution is 5.76. The maximum Gasteiger partial charge on any atom is 0.310 e. The maximum absolute atomic E-state index is 12.3. The molecule has 150 valence electrons. The summed E-state index contributed by atoms with van der Waals surface area (Å²) in [5, 5.41) is 67.8. The van der Waals surface area contributed by atoms with Gasteiger partial charge in [0.25, 0.3) is 0 Å². The Morgan fingerprint density at radius 2 is 1.24 bits per heavy atom. The molecule has 0 saturated heterocycles. The molecule has 0 heterocycles. The number of aliphatic hydroxyl groups is 6. The van der Waals surface area contributed by atoms with Gasteiger partial charge in [0.2, 0.25) is 0 Å². The van der Waals surface area contributed by atoms with Crippen LogP contribution in [0.1, 0.15) is 52.4 Å². The number of hydrogen-bond acceptors (Lipinski definition) is 7. The first-order chi connectivity index (χ1) is 11.7. The second kappa shape index (κ2) is 11.1. The lowest BCUT2D eigenvalue weighted by molar-refractivity contribution is -0.172. The maximum atomic E-state index is 12.3. The minimum Gasteiger partial charge on any atom is -0.481 e. The van der Waals surface area contributed by atoms with Crippen molar-refractivity contribution in [2.75, 3.05) is 19.8 Å². The fourth-order valence-electron chi connectivity index (χ4n) is 4.10. The second-order valence-electron chi connectivity index (χ2n) is 6.89. The van der Waals surface area contributed by atoms with E-state index in [2.05, 4.69) is 0 Å². The van der Waals surface area contributed by atoms with E-state index in [0.717, 1.165) is 0 Å². The van der Waals surface area contributed by atoms with Crippen LogP contribution in [0, 0.1) is 10.8 Å². The van der Waals surface area contributed by atoms with Crippen LogP contribution in [0.25, 0.3) is 0 Å². The molecule has 0 amide bonds. The van der Waals surface area contributed by atoms with Gasteiger partial charge in [0.15, 0.2) is 0 Å². The van der Waals surface area contributed by atoms with Crippen LogP contribution in [0.4, 0.5) is 0 Å². The second-order valence-corrected chi connectivity index (χ2v) is 6.89. The summed E-state index contributed by atoms with van der Waals surface area (Å²) in [5.74, 6) is -1.20. The van der Waals surface area contributed by atoms with E-state index in [9.17, 15) is 40.5 Å². The van der Waals surface area contributed by atoms with Crippen LogP contribution >= 0.6 is 0 Å². The lowest BCUT2D eigenvalue weighted by atomic mass is 9.53. The molecule has 8 nitrogen and oxygen atoms in total. The molecule has 4 unspecified atom stereocenters. The molecular formula is C17H34O8. The standard InChI is InChI=1S/C17H34O8/c1-3-5-16(6-12(21)9-18,7-13(22)10-19)17(4-2,15(24)25)8-14(23)11-20/h12-14,18-23H,3-11H2,1-2H3,(H,24,25). The van der Waals surface area contributed by atoms with Crippen LogP contribution in [-0.4, -0.2) is 79.8 Å². The van der Waals surface area contributed by atoms with Crippen molar-refractivity contribution in [3.63, 3.8) is 0 Å². The SMILES string of the molecule is CCCC(CC(O)CO)(CC(O)CO)C(CC)(CC(O)CO)C(=O)O. The minimum absolute atomic E-state index is 0.0929. The van der Waals surface area contributed by atoms with Crippen molar-refractivity contribution in [2.24, 2.45) is 10.8 Å². The van der Waals surface area contributed by atoms with Crippen LogP contribution in [0.2, 0.25) is 0 Å². The Hall–Kier alpha value is -0.770. The minimum atomic E-state index is -1.54. The first kappa shape index (κ1) is 24.2. The summed E-state index contributed by atoms with van der Waals surface area (Å²) in [4.78, 5) is 12.3. The lowest BCUT2D eigenvalue weighted by Crippen LogP contribution is -2.53. The molecule has 8 heteroatoms. The Morgan fingerprint density at radius 1 is 0.840 bits per heavy atom. The van der Waals surface area contributed by atoms with Crippen LogP contribution in [-0.2, 0) is 4.79 Å². The van der Waals surface area contributed by atoms with E-state index >= 15 is 0 Å². The third-order valence-electron chi connectivity index (χ3n) is 5.23. The first-order valence-corrected chi connectivity index (χ1v) is 8.78. The fourth-order valence-corrected chi connectivity index (χ4v) is 4.10. The molecule has 0 aromatic rings. The van der Waals surface area contributed by atoms with E-state index in [1.807, 2.05) is 6.92 Å². The van der Waals surface area contributed by atoms with E-state index in [1.165, 1.54) is 0 Å². The largest absolute Gasteiger partial charge is 0.481 e. The number of carboxylic acids is 1. The van der Waals surface area contributed by atoms with Crippen molar-refractivity contribution in [1.82, 2.24) is 0 Å². The zero-order valence-electron chi connectivity index (χ0n) is 15.1. The predicted octanol–water partition coefficient (Wildman–Crippen LogP) is -0.516. The highest BCUT2D eigenvalue weighted by atomic mass is 16.4. The molecule has 4 atom stereocenters. The third-order valence-corrected chi connectivity index (χ3v) is 5.23. The molecule has 0 spiro atoms. The van der Waals surface area contributed by atoms with Crippen molar-refractivity contribution in [3.8, 4) is 0 Å². The summed E-state index contributed by atoms with van der Waals surface area (Å²) in [6.45, 7) is 1.73. The van der Waals surface area contributed by atoms with Crippen LogP contribution in [0.3, 0.4) is 0 Å². The third kappa shape index (κ3) is 5.87. The molecule has 0 aliphatic rings. The molecule has 0 aliphatic carbocycles. The Kier molecular flexibility index (Phi) is 10.7. The highest BCUT2D eigenvalue weighted by Gasteiger charge is 2.56. The van der Waals surface area contributed by atoms with E-state index < -0.39 is 54.9 Å². The normalized spacial score (nSPS) is 20.3. The smallest absolute Gasteiger partial charge is 0.310 e. The number of hydrogen-bond donors (Lipinski definition) is 7. The molecular weight excluding hydrogens is 332 g/mol. The van der Waals surface area contributed by atoms with Gasteiger partial charge >= 0.3 is 5.97 Å². The molecule has 7 N–H and O–H groups in total. The van der Waals surface area contributed by atoms with Gasteiger partial charge in [-0.2, -0.15) is 0 Å². The van der Waals surface area contributed by atoms with Gasteiger partial charge in [-0.1, -0.05) is 20.3 Å². The summed E-state index contributed by atoms with van der Waals surface area (Å²) in [6.07, 6.45) is -3.20. The molecule has 0 saturated carbocycles. The molecule has 0 radical (unpaired) electrons. The van der Waals surface area contributed by atoms with Gasteiger partial charge in [-0.3, -0.25) is 4.79 Å². The van der Waals surface area contributed by atoms with Crippen LogP contribution < -0.4 is 0 Å². The summed E-state index contributed by atoms with van der Waals surface area (Å²) >= 11 is 0. The summed E-state index contributed by atoms with van der Waals surface area (Å²) in [5.41, 5.74) is -2.72. The molecule has 0 rings (SSSR count). The number of aliphatic hydroxyl groups excluding tert-OH is 6. The van der Waals surface area contributed by atoms with E-state index in [1.54, 1.807) is 6.92 Å². The van der Waals surface area contributed by atoms with Crippen molar-refractivity contribution in [2.45, 2.75) is 70.7 Å². The van der Waals surface area contributed by atoms with Gasteiger partial charge in [0.1, 0.15) is 0 Å². The highest BCUT2D eigenvalue weighted by Crippen LogP contribution is 2.55. The summed E-state index contributed by atoms with van der Waals surface area (Å²) in [7, 11) is 0. The van der Waals surface area contributed by atoms with E-state index in [4.69, 9.17) is 0 Å². The molecule has 25 heavy (non-hydrogen) atoms. The van der Waals surface area contributed by atoms with Gasteiger partial charge < -0.3 is 35.7 Å². The zero-order valence-corrected chi connectivity index (χ0v) is 15.1. The van der Waals surface area contributed by atoms with Crippen molar-refractivity contribution in [1.29, 1.82) is 0 Å². The van der Waals surface area contributed by atoms with Gasteiger partial charge in [-0.15, -0.1) is 0 Å². The zero-order chi connectivity index (χ0) is 19.7. The predicted molar refractivity (Wildman–Crippen MR) is 90.8 cm³/mol. The number of aliphatic carboxylic acids is 1. The number of carboxylic acid groups (broad SMARTS) is 1. The van der Waals surface area contributed by atoms with Gasteiger partial charge in [0.05, 0.1) is 43.5 Å². The Morgan fingerprint density at radius 3 is 1.52 bits per heavy atom. The molecule has 0 bridgehead atoms. The molecule has 0 aromatic carbocycles. The topological polar surface area (TPSA) is 159 Å². The molecule has 0 fully saturated rings. The number of rotatable bonds is 14. The van der Waals surface area contributed by atoms with Gasteiger partial charge in [-0.05, 0) is 37.5 Å². The van der Waals surface area contributed by atoms with Crippen LogP contribution in [0.5, 0.6) is 0 Å². The van der Waals surface area contributed by atoms with Crippen molar-refractivity contribution < 1.29 is 40.5 Å². The molecule has 0 aromatic heterocycles. The fraction of sp³-hybridized carbons (Fsp3) is 0.941. The Balaban J connectivity index is 6.30. The first-order valence-electron chi connectivity index (χ1n) is 8.78. The van der Waals surface area contributed by atoms with Crippen molar-refractivity contribution in [3.05, 3.63) is 0 Å². The van der Waals surface area contributed by atoms with Gasteiger partial charge in [0, 0.05) is 0 Å². The van der Waals surface area contributed by atoms with Crippen LogP contribution in [0.15, 0.2) is 0 Å². The molecule has 0 aliphatic heterocycles. The quantitative estimate of drug-likeness (QED) is 0.216. The van der Waals surface area contributed by atoms with E-state index in [0.29, 0.717) is 12.8 Å². The van der Waals surface area contributed by atoms with Crippen molar-refractivity contribution >= 4 is 5.97 Å². The average molecular weight is 366 g/mol. The Bertz CT molecular complexity index is 377. The van der Waals surface area contributed by atoms with Gasteiger partial charge in [-0.25, -0.2) is 0 Å². The van der Waals surface area contributed by atoms with E-state index in [-0.39, 0.29) is 25.7 Å². The summed E-state index contributed by atoms with van der Waals surface area (Å²) in [6, 6.07) is 0. The monoisotopic (exact) mass is 366 g/mol. The number of carbonyl (C=O) groups is 1. The summed E-state index contributed by atoms with van der Waals surface area (Å²) < 4.78 is 0. The lowest BCUT2D eigenvalue weighted by Gasteiger charge is -2.50. The Labute approximate surface area is 148 Å². The average Bonchev–Trinajstić information content (AvgIpc) is 2.58.